The van der Waals surface area contributed by atoms with Crippen LogP contribution in [0.4, 0.5) is 5.82 Å². The molecule has 6 nitrogen and oxygen atoms in total. The van der Waals surface area contributed by atoms with Gasteiger partial charge in [-0.15, -0.1) is 0 Å². The van der Waals surface area contributed by atoms with E-state index in [9.17, 15) is 8.42 Å². The molecule has 0 bridgehead atoms. The number of rotatable bonds is 6. The number of nitrogens with one attached hydrogen (secondary N) is 1. The Morgan fingerprint density at radius 1 is 1.50 bits per heavy atom. The van der Waals surface area contributed by atoms with Crippen molar-refractivity contribution >= 4 is 15.8 Å². The summed E-state index contributed by atoms with van der Waals surface area (Å²) in [4.78, 5) is 3.81. The molecule has 1 heterocycles. The Morgan fingerprint density at radius 2 is 2.25 bits per heavy atom. The highest BCUT2D eigenvalue weighted by Gasteiger charge is 2.13. The SMILES string of the molecule is CCOCCNS(=O)(=O)c1ccc(N)nc1. The van der Waals surface area contributed by atoms with Crippen LogP contribution in [0.2, 0.25) is 0 Å². The number of ether oxygens (including phenoxy) is 1. The van der Waals surface area contributed by atoms with E-state index < -0.39 is 10.0 Å². The lowest BCUT2D eigenvalue weighted by Crippen LogP contribution is -2.27. The Hall–Kier alpha value is -1.18. The lowest BCUT2D eigenvalue weighted by atomic mass is 10.5. The number of nitrogen functional groups attached to an aromatic ring is 1. The van der Waals surface area contributed by atoms with Crippen molar-refractivity contribution in [2.75, 3.05) is 25.5 Å². The van der Waals surface area contributed by atoms with E-state index in [-0.39, 0.29) is 17.3 Å². The van der Waals surface area contributed by atoms with Crippen molar-refractivity contribution in [3.8, 4) is 0 Å². The molecule has 0 aliphatic heterocycles. The number of pyridine rings is 1. The largest absolute Gasteiger partial charge is 0.384 e. The minimum Gasteiger partial charge on any atom is -0.384 e. The molecule has 0 aliphatic rings. The minimum atomic E-state index is -3.51. The molecule has 1 aromatic heterocycles. The van der Waals surface area contributed by atoms with E-state index >= 15 is 0 Å². The van der Waals surface area contributed by atoms with E-state index in [1.165, 1.54) is 18.3 Å². The summed E-state index contributed by atoms with van der Waals surface area (Å²) < 4.78 is 30.7. The Morgan fingerprint density at radius 3 is 2.81 bits per heavy atom. The van der Waals surface area contributed by atoms with Gasteiger partial charge in [0.05, 0.1) is 6.61 Å². The third-order valence-corrected chi connectivity index (χ3v) is 3.26. The predicted octanol–water partition coefficient (Wildman–Crippen LogP) is -0.0214. The van der Waals surface area contributed by atoms with Gasteiger partial charge in [0, 0.05) is 19.3 Å². The highest BCUT2D eigenvalue weighted by atomic mass is 32.2. The maximum absolute atomic E-state index is 11.7. The smallest absolute Gasteiger partial charge is 0.242 e. The van der Waals surface area contributed by atoms with E-state index in [1.54, 1.807) is 0 Å². The lowest BCUT2D eigenvalue weighted by molar-refractivity contribution is 0.153. The van der Waals surface area contributed by atoms with E-state index in [1.807, 2.05) is 6.92 Å². The summed E-state index contributed by atoms with van der Waals surface area (Å²) in [7, 11) is -3.51. The molecule has 0 saturated carbocycles. The van der Waals surface area contributed by atoms with Crippen molar-refractivity contribution < 1.29 is 13.2 Å². The fraction of sp³-hybridized carbons (Fsp3) is 0.444. The summed E-state index contributed by atoms with van der Waals surface area (Å²) in [5.41, 5.74) is 5.36. The fourth-order valence-corrected chi connectivity index (χ4v) is 1.98. The van der Waals surface area contributed by atoms with E-state index in [4.69, 9.17) is 10.5 Å². The number of aromatic nitrogens is 1. The van der Waals surface area contributed by atoms with Crippen LogP contribution in [0.15, 0.2) is 23.2 Å². The van der Waals surface area contributed by atoms with E-state index in [0.717, 1.165) is 0 Å². The number of sulfonamides is 1. The molecule has 0 radical (unpaired) electrons. The fourth-order valence-electron chi connectivity index (χ4n) is 1.03. The van der Waals surface area contributed by atoms with Crippen LogP contribution in [0.3, 0.4) is 0 Å². The molecule has 3 N–H and O–H groups in total. The second-order valence-electron chi connectivity index (χ2n) is 3.01. The Balaban J connectivity index is 2.60. The first kappa shape index (κ1) is 12.9. The maximum Gasteiger partial charge on any atom is 0.242 e. The van der Waals surface area contributed by atoms with Gasteiger partial charge in [-0.3, -0.25) is 0 Å². The number of hydrogen-bond donors (Lipinski definition) is 2. The van der Waals surface area contributed by atoms with Crippen molar-refractivity contribution in [3.05, 3.63) is 18.3 Å². The van der Waals surface area contributed by atoms with Crippen molar-refractivity contribution in [3.63, 3.8) is 0 Å². The van der Waals surface area contributed by atoms with Gasteiger partial charge >= 0.3 is 0 Å². The molecular weight excluding hydrogens is 230 g/mol. The molecule has 0 fully saturated rings. The highest BCUT2D eigenvalue weighted by Crippen LogP contribution is 2.07. The van der Waals surface area contributed by atoms with Gasteiger partial charge in [-0.05, 0) is 19.1 Å². The molecule has 7 heteroatoms. The molecular formula is C9H15N3O3S. The maximum atomic E-state index is 11.7. The molecule has 1 aromatic rings. The second kappa shape index (κ2) is 5.78. The van der Waals surface area contributed by atoms with Gasteiger partial charge < -0.3 is 10.5 Å². The quantitative estimate of drug-likeness (QED) is 0.687. The monoisotopic (exact) mass is 245 g/mol. The van der Waals surface area contributed by atoms with Crippen LogP contribution < -0.4 is 10.5 Å². The van der Waals surface area contributed by atoms with Crippen LogP contribution in [-0.2, 0) is 14.8 Å². The van der Waals surface area contributed by atoms with Gasteiger partial charge in [0.25, 0.3) is 0 Å². The van der Waals surface area contributed by atoms with Crippen LogP contribution in [0.5, 0.6) is 0 Å². The van der Waals surface area contributed by atoms with Crippen LogP contribution in [-0.4, -0.2) is 33.2 Å². The van der Waals surface area contributed by atoms with Crippen molar-refractivity contribution in [2.45, 2.75) is 11.8 Å². The highest BCUT2D eigenvalue weighted by molar-refractivity contribution is 7.89. The van der Waals surface area contributed by atoms with Gasteiger partial charge in [-0.1, -0.05) is 0 Å². The first-order valence-corrected chi connectivity index (χ1v) is 6.33. The van der Waals surface area contributed by atoms with Crippen molar-refractivity contribution in [2.24, 2.45) is 0 Å². The summed E-state index contributed by atoms with van der Waals surface area (Å²) in [6, 6.07) is 2.85. The second-order valence-corrected chi connectivity index (χ2v) is 4.78. The number of hydrogen-bond acceptors (Lipinski definition) is 5. The zero-order chi connectivity index (χ0) is 12.0. The molecule has 0 atom stereocenters. The molecule has 0 saturated heterocycles. The van der Waals surface area contributed by atoms with Gasteiger partial charge in [-0.2, -0.15) is 0 Å². The number of anilines is 1. The zero-order valence-electron chi connectivity index (χ0n) is 9.01. The number of nitrogens with two attached hydrogens (primary N) is 1. The molecule has 1 rings (SSSR count). The average Bonchev–Trinajstić information content (AvgIpc) is 2.25. The zero-order valence-corrected chi connectivity index (χ0v) is 9.83. The number of nitrogens with zero attached hydrogens (tertiary/aromatic N) is 1. The summed E-state index contributed by atoms with van der Waals surface area (Å²) in [6.07, 6.45) is 1.22. The van der Waals surface area contributed by atoms with E-state index in [2.05, 4.69) is 9.71 Å². The van der Waals surface area contributed by atoms with Crippen LogP contribution in [0, 0.1) is 0 Å². The van der Waals surface area contributed by atoms with E-state index in [0.29, 0.717) is 13.2 Å². The van der Waals surface area contributed by atoms with Crippen LogP contribution in [0.25, 0.3) is 0 Å². The molecule has 0 amide bonds. The molecule has 16 heavy (non-hydrogen) atoms. The molecule has 0 unspecified atom stereocenters. The Bertz CT molecular complexity index is 416. The topological polar surface area (TPSA) is 94.3 Å². The molecule has 90 valence electrons. The third-order valence-electron chi connectivity index (χ3n) is 1.81. The standard InChI is InChI=1S/C9H15N3O3S/c1-2-15-6-5-12-16(13,14)8-3-4-9(10)11-7-8/h3-4,7,12H,2,5-6H2,1H3,(H2,10,11). The Labute approximate surface area is 94.9 Å². The summed E-state index contributed by atoms with van der Waals surface area (Å²) in [5, 5.41) is 0. The first-order valence-electron chi connectivity index (χ1n) is 4.85. The summed E-state index contributed by atoms with van der Waals surface area (Å²) in [6.45, 7) is 2.99. The van der Waals surface area contributed by atoms with Gasteiger partial charge in [0.2, 0.25) is 10.0 Å². The van der Waals surface area contributed by atoms with Gasteiger partial charge in [0.1, 0.15) is 10.7 Å². The summed E-state index contributed by atoms with van der Waals surface area (Å²) >= 11 is 0. The molecule has 0 spiro atoms. The lowest BCUT2D eigenvalue weighted by Gasteiger charge is -2.06. The van der Waals surface area contributed by atoms with Crippen LogP contribution in [0.1, 0.15) is 6.92 Å². The average molecular weight is 245 g/mol. The van der Waals surface area contributed by atoms with Crippen molar-refractivity contribution in [1.82, 2.24) is 9.71 Å². The van der Waals surface area contributed by atoms with Gasteiger partial charge in [0.15, 0.2) is 0 Å². The minimum absolute atomic E-state index is 0.0956. The van der Waals surface area contributed by atoms with Crippen LogP contribution >= 0.6 is 0 Å². The Kier molecular flexibility index (Phi) is 4.66. The predicted molar refractivity (Wildman–Crippen MR) is 60.3 cm³/mol. The molecule has 0 aromatic carbocycles. The molecule has 0 aliphatic carbocycles. The first-order chi connectivity index (χ1) is 7.56. The summed E-state index contributed by atoms with van der Waals surface area (Å²) in [5.74, 6) is 0.285. The van der Waals surface area contributed by atoms with Gasteiger partial charge in [-0.25, -0.2) is 18.1 Å². The van der Waals surface area contributed by atoms with Crippen molar-refractivity contribution in [1.29, 1.82) is 0 Å². The normalized spacial score (nSPS) is 11.6. The third kappa shape index (κ3) is 3.76.